The molecule has 5 heteroatoms. The number of nitrogens with two attached hydrogens (primary N) is 1. The van der Waals surface area contributed by atoms with Crippen LogP contribution in [0.25, 0.3) is 0 Å². The van der Waals surface area contributed by atoms with Crippen molar-refractivity contribution < 1.29 is 9.53 Å². The Hall–Kier alpha value is -2.04. The molecule has 2 rings (SSSR count). The molecule has 0 radical (unpaired) electrons. The fraction of sp³-hybridized carbons (Fsp3) is 0.188. The summed E-state index contributed by atoms with van der Waals surface area (Å²) in [7, 11) is 0. The van der Waals surface area contributed by atoms with Crippen LogP contribution in [0, 0.1) is 6.92 Å². The summed E-state index contributed by atoms with van der Waals surface area (Å²) in [6.45, 7) is 2.21. The van der Waals surface area contributed by atoms with Crippen molar-refractivity contribution in [3.8, 4) is 0 Å². The van der Waals surface area contributed by atoms with Crippen LogP contribution >= 0.6 is 11.6 Å². The van der Waals surface area contributed by atoms with Crippen LogP contribution in [-0.2, 0) is 16.1 Å². The lowest BCUT2D eigenvalue weighted by molar-refractivity contribution is -0.121. The standard InChI is InChI=1S/C16H17ClN2O2/c1-11-14(18)3-2-4-15(11)19-16(20)10-21-9-12-5-7-13(17)8-6-12/h2-8H,9-10,18H2,1H3,(H,19,20). The first-order valence-electron chi connectivity index (χ1n) is 6.53. The van der Waals surface area contributed by atoms with Crippen molar-refractivity contribution in [1.29, 1.82) is 0 Å². The summed E-state index contributed by atoms with van der Waals surface area (Å²) in [5, 5.41) is 3.46. The van der Waals surface area contributed by atoms with Crippen LogP contribution < -0.4 is 11.1 Å². The molecular weight excluding hydrogens is 288 g/mol. The molecular formula is C16H17ClN2O2. The number of nitrogens with one attached hydrogen (secondary N) is 1. The van der Waals surface area contributed by atoms with Crippen molar-refractivity contribution in [3.63, 3.8) is 0 Å². The zero-order valence-electron chi connectivity index (χ0n) is 11.7. The monoisotopic (exact) mass is 304 g/mol. The van der Waals surface area contributed by atoms with E-state index in [4.69, 9.17) is 22.1 Å². The number of carbonyl (C=O) groups is 1. The van der Waals surface area contributed by atoms with Crippen LogP contribution in [0.4, 0.5) is 11.4 Å². The SMILES string of the molecule is Cc1c(N)cccc1NC(=O)COCc1ccc(Cl)cc1. The third-order valence-corrected chi connectivity index (χ3v) is 3.32. The van der Waals surface area contributed by atoms with Crippen molar-refractivity contribution in [2.45, 2.75) is 13.5 Å². The Kier molecular flexibility index (Phi) is 5.20. The Balaban J connectivity index is 1.82. The summed E-state index contributed by atoms with van der Waals surface area (Å²) in [5.74, 6) is -0.210. The first-order valence-corrected chi connectivity index (χ1v) is 6.91. The number of hydrogen-bond acceptors (Lipinski definition) is 3. The molecule has 0 aliphatic rings. The number of halogens is 1. The molecule has 0 aromatic heterocycles. The average molecular weight is 305 g/mol. The Morgan fingerprint density at radius 1 is 1.24 bits per heavy atom. The predicted octanol–water partition coefficient (Wildman–Crippen LogP) is 3.39. The first-order chi connectivity index (χ1) is 10.1. The van der Waals surface area contributed by atoms with Gasteiger partial charge in [0.25, 0.3) is 0 Å². The second-order valence-corrected chi connectivity index (χ2v) is 5.12. The van der Waals surface area contributed by atoms with Crippen molar-refractivity contribution in [1.82, 2.24) is 0 Å². The molecule has 0 aliphatic carbocycles. The van der Waals surface area contributed by atoms with Crippen molar-refractivity contribution in [3.05, 3.63) is 58.6 Å². The highest BCUT2D eigenvalue weighted by atomic mass is 35.5. The van der Waals surface area contributed by atoms with Gasteiger partial charge in [-0.05, 0) is 42.3 Å². The average Bonchev–Trinajstić information content (AvgIpc) is 2.46. The predicted molar refractivity (Wildman–Crippen MR) is 85.3 cm³/mol. The minimum atomic E-state index is -0.210. The van der Waals surface area contributed by atoms with Crippen molar-refractivity contribution in [2.24, 2.45) is 0 Å². The molecule has 1 amide bonds. The number of ether oxygens (including phenoxy) is 1. The van der Waals surface area contributed by atoms with Gasteiger partial charge in [-0.2, -0.15) is 0 Å². The number of benzene rings is 2. The maximum atomic E-state index is 11.8. The second kappa shape index (κ2) is 7.11. The molecule has 0 atom stereocenters. The van der Waals surface area contributed by atoms with E-state index >= 15 is 0 Å². The maximum Gasteiger partial charge on any atom is 0.250 e. The molecule has 4 nitrogen and oxygen atoms in total. The van der Waals surface area contributed by atoms with Crippen LogP contribution in [0.2, 0.25) is 5.02 Å². The third-order valence-electron chi connectivity index (χ3n) is 3.06. The van der Waals surface area contributed by atoms with Gasteiger partial charge >= 0.3 is 0 Å². The van der Waals surface area contributed by atoms with Crippen LogP contribution in [-0.4, -0.2) is 12.5 Å². The molecule has 0 heterocycles. The third kappa shape index (κ3) is 4.48. The van der Waals surface area contributed by atoms with E-state index in [1.165, 1.54) is 0 Å². The van der Waals surface area contributed by atoms with Gasteiger partial charge in [0.05, 0.1) is 6.61 Å². The molecule has 0 saturated heterocycles. The smallest absolute Gasteiger partial charge is 0.250 e. The Bertz CT molecular complexity index is 627. The molecule has 0 fully saturated rings. The highest BCUT2D eigenvalue weighted by Gasteiger charge is 2.06. The van der Waals surface area contributed by atoms with Gasteiger partial charge in [0.1, 0.15) is 6.61 Å². The van der Waals surface area contributed by atoms with E-state index in [1.807, 2.05) is 25.1 Å². The number of carbonyl (C=O) groups excluding carboxylic acids is 1. The quantitative estimate of drug-likeness (QED) is 0.832. The maximum absolute atomic E-state index is 11.8. The Morgan fingerprint density at radius 2 is 1.95 bits per heavy atom. The lowest BCUT2D eigenvalue weighted by Gasteiger charge is -2.10. The van der Waals surface area contributed by atoms with E-state index < -0.39 is 0 Å². The zero-order valence-corrected chi connectivity index (χ0v) is 12.5. The van der Waals surface area contributed by atoms with E-state index in [0.29, 0.717) is 23.0 Å². The van der Waals surface area contributed by atoms with Gasteiger partial charge in [-0.25, -0.2) is 0 Å². The number of rotatable bonds is 5. The van der Waals surface area contributed by atoms with Gasteiger partial charge in [0.2, 0.25) is 5.91 Å². The van der Waals surface area contributed by atoms with Crippen LogP contribution in [0.5, 0.6) is 0 Å². The number of nitrogen functional groups attached to an aromatic ring is 1. The minimum absolute atomic E-state index is 0.0170. The van der Waals surface area contributed by atoms with E-state index in [2.05, 4.69) is 5.32 Å². The highest BCUT2D eigenvalue weighted by Crippen LogP contribution is 2.20. The summed E-state index contributed by atoms with van der Waals surface area (Å²) in [5.41, 5.74) is 8.96. The topological polar surface area (TPSA) is 64.3 Å². The normalized spacial score (nSPS) is 10.4. The molecule has 0 aliphatic heterocycles. The number of anilines is 2. The molecule has 0 saturated carbocycles. The van der Waals surface area contributed by atoms with E-state index in [9.17, 15) is 4.79 Å². The Labute approximate surface area is 128 Å². The molecule has 110 valence electrons. The number of hydrogen-bond donors (Lipinski definition) is 2. The fourth-order valence-corrected chi connectivity index (χ4v) is 1.94. The van der Waals surface area contributed by atoms with Crippen molar-refractivity contribution in [2.75, 3.05) is 17.7 Å². The van der Waals surface area contributed by atoms with Crippen LogP contribution in [0.3, 0.4) is 0 Å². The van der Waals surface area contributed by atoms with Crippen molar-refractivity contribution >= 4 is 28.9 Å². The van der Waals surface area contributed by atoms with E-state index in [0.717, 1.165) is 11.1 Å². The van der Waals surface area contributed by atoms with E-state index in [-0.39, 0.29) is 12.5 Å². The summed E-state index contributed by atoms with van der Waals surface area (Å²) < 4.78 is 5.38. The number of amides is 1. The van der Waals surface area contributed by atoms with Crippen LogP contribution in [0.1, 0.15) is 11.1 Å². The molecule has 0 unspecified atom stereocenters. The van der Waals surface area contributed by atoms with Gasteiger partial charge < -0.3 is 15.8 Å². The zero-order chi connectivity index (χ0) is 15.2. The molecule has 0 bridgehead atoms. The molecule has 2 aromatic carbocycles. The van der Waals surface area contributed by atoms with Gasteiger partial charge in [-0.15, -0.1) is 0 Å². The van der Waals surface area contributed by atoms with E-state index in [1.54, 1.807) is 24.3 Å². The lowest BCUT2D eigenvalue weighted by atomic mass is 10.1. The lowest BCUT2D eigenvalue weighted by Crippen LogP contribution is -2.19. The van der Waals surface area contributed by atoms with Gasteiger partial charge in [-0.3, -0.25) is 4.79 Å². The molecule has 3 N–H and O–H groups in total. The molecule has 2 aromatic rings. The van der Waals surface area contributed by atoms with Gasteiger partial charge in [-0.1, -0.05) is 29.8 Å². The summed E-state index contributed by atoms with van der Waals surface area (Å²) >= 11 is 5.80. The van der Waals surface area contributed by atoms with Gasteiger partial charge in [0, 0.05) is 16.4 Å². The molecule has 0 spiro atoms. The first kappa shape index (κ1) is 15.4. The highest BCUT2D eigenvalue weighted by molar-refractivity contribution is 6.30. The Morgan fingerprint density at radius 3 is 2.67 bits per heavy atom. The summed E-state index contributed by atoms with van der Waals surface area (Å²) in [6.07, 6.45) is 0. The van der Waals surface area contributed by atoms with Gasteiger partial charge in [0.15, 0.2) is 0 Å². The largest absolute Gasteiger partial charge is 0.398 e. The summed E-state index contributed by atoms with van der Waals surface area (Å²) in [6, 6.07) is 12.7. The molecule has 21 heavy (non-hydrogen) atoms. The van der Waals surface area contributed by atoms with Crippen LogP contribution in [0.15, 0.2) is 42.5 Å². The minimum Gasteiger partial charge on any atom is -0.398 e. The summed E-state index contributed by atoms with van der Waals surface area (Å²) in [4.78, 5) is 11.8. The fourth-order valence-electron chi connectivity index (χ4n) is 1.82. The second-order valence-electron chi connectivity index (χ2n) is 4.69.